The van der Waals surface area contributed by atoms with Crippen LogP contribution in [-0.2, 0) is 14.3 Å². The molecule has 0 heterocycles. The van der Waals surface area contributed by atoms with Gasteiger partial charge in [0.15, 0.2) is 0 Å². The molecule has 2 N–H and O–H groups in total. The number of rotatable bonds is 12. The lowest BCUT2D eigenvalue weighted by Gasteiger charge is -2.17. The Morgan fingerprint density at radius 3 is 2.55 bits per heavy atom. The molecule has 118 valence electrons. The van der Waals surface area contributed by atoms with Crippen molar-refractivity contribution in [1.29, 1.82) is 0 Å². The van der Waals surface area contributed by atoms with Crippen molar-refractivity contribution in [3.05, 3.63) is 0 Å². The number of carbonyl (C=O) groups excluding carboxylic acids is 1. The zero-order valence-electron chi connectivity index (χ0n) is 12.4. The van der Waals surface area contributed by atoms with E-state index in [9.17, 15) is 9.59 Å². The van der Waals surface area contributed by atoms with Crippen LogP contribution < -0.4 is 5.32 Å². The Labute approximate surface area is 120 Å². The number of ether oxygens (including phenoxy) is 2. The zero-order valence-corrected chi connectivity index (χ0v) is 12.4. The molecule has 0 unspecified atom stereocenters. The summed E-state index contributed by atoms with van der Waals surface area (Å²) >= 11 is 0. The second-order valence-electron chi connectivity index (χ2n) is 4.46. The van der Waals surface area contributed by atoms with Gasteiger partial charge in [-0.25, -0.2) is 4.79 Å². The van der Waals surface area contributed by atoms with Gasteiger partial charge in [0.2, 0.25) is 0 Å². The molecule has 0 saturated carbocycles. The minimum Gasteiger partial charge on any atom is -0.481 e. The number of carboxylic acids is 1. The number of carboxylic acid groups (broad SMARTS) is 1. The van der Waals surface area contributed by atoms with E-state index in [2.05, 4.69) is 5.32 Å². The highest BCUT2D eigenvalue weighted by Gasteiger charge is 2.07. The highest BCUT2D eigenvalue weighted by Crippen LogP contribution is 1.94. The van der Waals surface area contributed by atoms with E-state index in [4.69, 9.17) is 14.6 Å². The molecule has 0 aromatic heterocycles. The van der Waals surface area contributed by atoms with E-state index in [1.54, 1.807) is 14.2 Å². The van der Waals surface area contributed by atoms with Gasteiger partial charge in [0.25, 0.3) is 0 Å². The highest BCUT2D eigenvalue weighted by atomic mass is 16.5. The molecular formula is C13H26N2O5. The van der Waals surface area contributed by atoms with Gasteiger partial charge in [-0.3, -0.25) is 4.79 Å². The van der Waals surface area contributed by atoms with Crippen LogP contribution in [0.1, 0.15) is 25.7 Å². The lowest BCUT2D eigenvalue weighted by Crippen LogP contribution is -2.38. The van der Waals surface area contributed by atoms with Crippen molar-refractivity contribution in [2.24, 2.45) is 0 Å². The van der Waals surface area contributed by atoms with Gasteiger partial charge in [-0.1, -0.05) is 0 Å². The van der Waals surface area contributed by atoms with Gasteiger partial charge in [0.05, 0.1) is 13.2 Å². The molecule has 0 aromatic rings. The summed E-state index contributed by atoms with van der Waals surface area (Å²) < 4.78 is 10.2. The maximum Gasteiger partial charge on any atom is 0.317 e. The van der Waals surface area contributed by atoms with Gasteiger partial charge in [0.1, 0.15) is 0 Å². The van der Waals surface area contributed by atoms with Crippen molar-refractivity contribution >= 4 is 12.0 Å². The number of nitrogens with one attached hydrogen (secondary N) is 1. The second kappa shape index (κ2) is 12.7. The molecule has 0 rings (SSSR count). The van der Waals surface area contributed by atoms with Crippen LogP contribution in [0.3, 0.4) is 0 Å². The predicted molar refractivity (Wildman–Crippen MR) is 74.8 cm³/mol. The number of methoxy groups -OCH3 is 1. The third-order valence-corrected chi connectivity index (χ3v) is 2.65. The summed E-state index contributed by atoms with van der Waals surface area (Å²) in [5.74, 6) is -0.840. The molecule has 20 heavy (non-hydrogen) atoms. The van der Waals surface area contributed by atoms with E-state index in [0.717, 1.165) is 12.8 Å². The van der Waals surface area contributed by atoms with Crippen LogP contribution in [0.15, 0.2) is 0 Å². The number of nitrogens with zero attached hydrogens (tertiary/aromatic N) is 1. The van der Waals surface area contributed by atoms with E-state index in [1.807, 2.05) is 0 Å². The maximum absolute atomic E-state index is 11.6. The van der Waals surface area contributed by atoms with E-state index >= 15 is 0 Å². The summed E-state index contributed by atoms with van der Waals surface area (Å²) in [7, 11) is 3.29. The van der Waals surface area contributed by atoms with Crippen LogP contribution in [0, 0.1) is 0 Å². The Morgan fingerprint density at radius 1 is 1.15 bits per heavy atom. The largest absolute Gasteiger partial charge is 0.481 e. The van der Waals surface area contributed by atoms with Gasteiger partial charge in [-0.05, 0) is 19.3 Å². The van der Waals surface area contributed by atoms with E-state index in [-0.39, 0.29) is 12.5 Å². The summed E-state index contributed by atoms with van der Waals surface area (Å²) in [5, 5.41) is 11.3. The Morgan fingerprint density at radius 2 is 1.90 bits per heavy atom. The number of amides is 2. The van der Waals surface area contributed by atoms with Gasteiger partial charge in [-0.15, -0.1) is 0 Å². The number of unbranched alkanes of at least 4 members (excludes halogenated alkanes) is 1. The summed E-state index contributed by atoms with van der Waals surface area (Å²) in [5.41, 5.74) is 0. The van der Waals surface area contributed by atoms with Crippen molar-refractivity contribution in [3.8, 4) is 0 Å². The lowest BCUT2D eigenvalue weighted by atomic mass is 10.3. The van der Waals surface area contributed by atoms with Crippen molar-refractivity contribution in [2.75, 3.05) is 47.1 Å². The van der Waals surface area contributed by atoms with E-state index < -0.39 is 5.97 Å². The molecule has 0 aliphatic carbocycles. The van der Waals surface area contributed by atoms with Crippen molar-refractivity contribution in [3.63, 3.8) is 0 Å². The number of carbonyl (C=O) groups is 2. The fourth-order valence-electron chi connectivity index (χ4n) is 1.47. The molecule has 0 aromatic carbocycles. The van der Waals surface area contributed by atoms with Crippen LogP contribution in [0.25, 0.3) is 0 Å². The molecule has 0 aliphatic heterocycles. The normalized spacial score (nSPS) is 10.3. The lowest BCUT2D eigenvalue weighted by molar-refractivity contribution is -0.137. The summed E-state index contributed by atoms with van der Waals surface area (Å²) in [6, 6.07) is -0.171. The number of aliphatic carboxylic acids is 1. The number of hydrogen-bond donors (Lipinski definition) is 2. The molecule has 0 atom stereocenters. The average molecular weight is 290 g/mol. The summed E-state index contributed by atoms with van der Waals surface area (Å²) in [4.78, 5) is 23.5. The topological polar surface area (TPSA) is 88.1 Å². The third-order valence-electron chi connectivity index (χ3n) is 2.65. The molecule has 0 spiro atoms. The summed E-state index contributed by atoms with van der Waals surface area (Å²) in [6.45, 7) is 2.88. The predicted octanol–water partition coefficient (Wildman–Crippen LogP) is 0.936. The van der Waals surface area contributed by atoms with Gasteiger partial charge >= 0.3 is 12.0 Å². The van der Waals surface area contributed by atoms with Gasteiger partial charge in [0, 0.05) is 40.3 Å². The fraction of sp³-hybridized carbons (Fsp3) is 0.846. The van der Waals surface area contributed by atoms with Crippen LogP contribution in [0.4, 0.5) is 4.79 Å². The molecule has 0 aliphatic rings. The minimum absolute atomic E-state index is 0.0798. The van der Waals surface area contributed by atoms with Gasteiger partial charge in [-0.2, -0.15) is 0 Å². The van der Waals surface area contributed by atoms with E-state index in [1.165, 1.54) is 4.90 Å². The Hall–Kier alpha value is -1.34. The molecule has 0 radical (unpaired) electrons. The molecular weight excluding hydrogens is 264 g/mol. The summed E-state index contributed by atoms with van der Waals surface area (Å²) in [6.07, 6.45) is 2.28. The first-order chi connectivity index (χ1) is 9.57. The smallest absolute Gasteiger partial charge is 0.317 e. The molecule has 7 heteroatoms. The SMILES string of the molecule is COCCOCCCCNC(=O)N(C)CCCC(=O)O. The first-order valence-electron chi connectivity index (χ1n) is 6.85. The highest BCUT2D eigenvalue weighted by molar-refractivity contribution is 5.73. The molecule has 0 fully saturated rings. The molecule has 2 amide bonds. The first kappa shape index (κ1) is 18.7. The molecule has 0 bridgehead atoms. The fourth-order valence-corrected chi connectivity index (χ4v) is 1.47. The Balaban J connectivity index is 3.40. The second-order valence-corrected chi connectivity index (χ2v) is 4.46. The molecule has 7 nitrogen and oxygen atoms in total. The minimum atomic E-state index is -0.840. The van der Waals surface area contributed by atoms with Crippen LogP contribution >= 0.6 is 0 Å². The van der Waals surface area contributed by atoms with Gasteiger partial charge < -0.3 is 24.8 Å². The maximum atomic E-state index is 11.6. The Kier molecular flexibility index (Phi) is 11.8. The monoisotopic (exact) mass is 290 g/mol. The quantitative estimate of drug-likeness (QED) is 0.522. The van der Waals surface area contributed by atoms with Crippen LogP contribution in [-0.4, -0.2) is 69.1 Å². The molecule has 0 saturated heterocycles. The zero-order chi connectivity index (χ0) is 15.2. The standard InChI is InChI=1S/C13H26N2O5/c1-15(8-5-6-12(16)17)13(18)14-7-3-4-9-20-11-10-19-2/h3-11H2,1-2H3,(H,14,18)(H,16,17). The van der Waals surface area contributed by atoms with Crippen molar-refractivity contribution in [2.45, 2.75) is 25.7 Å². The van der Waals surface area contributed by atoms with Crippen LogP contribution in [0.2, 0.25) is 0 Å². The Bertz CT molecular complexity index is 273. The number of hydrogen-bond acceptors (Lipinski definition) is 4. The first-order valence-corrected chi connectivity index (χ1v) is 6.85. The third kappa shape index (κ3) is 11.7. The van der Waals surface area contributed by atoms with Crippen LogP contribution in [0.5, 0.6) is 0 Å². The van der Waals surface area contributed by atoms with Crippen molar-refractivity contribution in [1.82, 2.24) is 10.2 Å². The average Bonchev–Trinajstić information content (AvgIpc) is 2.41. The number of urea groups is 1. The van der Waals surface area contributed by atoms with Crippen molar-refractivity contribution < 1.29 is 24.2 Å². The van der Waals surface area contributed by atoms with E-state index in [0.29, 0.717) is 39.3 Å².